The van der Waals surface area contributed by atoms with Crippen molar-refractivity contribution in [3.63, 3.8) is 0 Å². The van der Waals surface area contributed by atoms with Crippen LogP contribution in [-0.4, -0.2) is 15.2 Å². The lowest BCUT2D eigenvalue weighted by atomic mass is 9.94. The second-order valence-corrected chi connectivity index (χ2v) is 6.97. The van der Waals surface area contributed by atoms with Crippen LogP contribution < -0.4 is 11.3 Å². The van der Waals surface area contributed by atoms with Crippen LogP contribution in [0.2, 0.25) is 5.02 Å². The molecule has 4 aromatic rings. The summed E-state index contributed by atoms with van der Waals surface area (Å²) in [4.78, 5) is 15.2. The van der Waals surface area contributed by atoms with Gasteiger partial charge in [0.1, 0.15) is 11.5 Å². The summed E-state index contributed by atoms with van der Waals surface area (Å²) in [5.41, 5.74) is 8.12. The Labute approximate surface area is 159 Å². The average Bonchev–Trinajstić information content (AvgIpc) is 2.63. The first-order valence-electron chi connectivity index (χ1n) is 8.43. The highest BCUT2D eigenvalue weighted by atomic mass is 35.5. The van der Waals surface area contributed by atoms with Gasteiger partial charge in [-0.1, -0.05) is 48.0 Å². The Morgan fingerprint density at radius 1 is 1.04 bits per heavy atom. The van der Waals surface area contributed by atoms with Crippen LogP contribution in [0.15, 0.2) is 53.3 Å². The van der Waals surface area contributed by atoms with E-state index in [0.717, 1.165) is 11.1 Å². The van der Waals surface area contributed by atoms with E-state index in [9.17, 15) is 15.0 Å². The van der Waals surface area contributed by atoms with Crippen molar-refractivity contribution < 1.29 is 10.2 Å². The zero-order chi connectivity index (χ0) is 19.3. The van der Waals surface area contributed by atoms with E-state index in [-0.39, 0.29) is 27.9 Å². The number of hydrogen-bond acceptors (Lipinski definition) is 4. The van der Waals surface area contributed by atoms with Gasteiger partial charge in [0, 0.05) is 28.4 Å². The van der Waals surface area contributed by atoms with E-state index >= 15 is 0 Å². The predicted octanol–water partition coefficient (Wildman–Crippen LogP) is 4.43. The van der Waals surface area contributed by atoms with Crippen LogP contribution in [-0.2, 0) is 0 Å². The average molecular weight is 381 g/mol. The molecular weight excluding hydrogens is 364 g/mol. The third-order valence-corrected chi connectivity index (χ3v) is 5.06. The third kappa shape index (κ3) is 2.72. The molecule has 1 atom stereocenters. The highest BCUT2D eigenvalue weighted by Crippen LogP contribution is 2.42. The molecule has 0 radical (unpaired) electrons. The first-order chi connectivity index (χ1) is 12.9. The molecule has 5 nitrogen and oxygen atoms in total. The Bertz CT molecular complexity index is 1240. The van der Waals surface area contributed by atoms with Crippen LogP contribution in [0.3, 0.4) is 0 Å². The fourth-order valence-corrected chi connectivity index (χ4v) is 3.68. The van der Waals surface area contributed by atoms with Crippen LogP contribution >= 0.6 is 11.6 Å². The maximum absolute atomic E-state index is 12.5. The highest BCUT2D eigenvalue weighted by molar-refractivity contribution is 6.37. The second-order valence-electron chi connectivity index (χ2n) is 6.57. The Balaban J connectivity index is 2.18. The smallest absolute Gasteiger partial charge is 0.260 e. The minimum absolute atomic E-state index is 0.0160. The van der Waals surface area contributed by atoms with Gasteiger partial charge in [-0.25, -0.2) is 0 Å². The fourth-order valence-electron chi connectivity index (χ4n) is 3.44. The molecule has 0 aliphatic heterocycles. The van der Waals surface area contributed by atoms with Crippen molar-refractivity contribution in [3.8, 4) is 22.6 Å². The number of aromatic amines is 1. The van der Waals surface area contributed by atoms with Crippen LogP contribution in [0.4, 0.5) is 0 Å². The summed E-state index contributed by atoms with van der Waals surface area (Å²) in [6.45, 7) is 1.89. The second kappa shape index (κ2) is 6.30. The fraction of sp³-hybridized carbons (Fsp3) is 0.0952. The SMILES string of the molecule is C[C@@H](N)c1ccc(-c2c(O)cc(Cl)c3[nH]c(=O)c4c(O)cccc4c23)cc1. The molecule has 0 saturated carbocycles. The largest absolute Gasteiger partial charge is 0.507 e. The minimum atomic E-state index is -0.443. The van der Waals surface area contributed by atoms with Gasteiger partial charge in [0.25, 0.3) is 5.56 Å². The summed E-state index contributed by atoms with van der Waals surface area (Å²) in [6, 6.07) is 13.6. The topological polar surface area (TPSA) is 99.3 Å². The summed E-state index contributed by atoms with van der Waals surface area (Å²) in [6.07, 6.45) is 0. The molecule has 0 aliphatic carbocycles. The Kier molecular flexibility index (Phi) is 4.06. The molecule has 5 N–H and O–H groups in total. The normalized spacial score (nSPS) is 12.6. The first-order valence-corrected chi connectivity index (χ1v) is 8.81. The number of halogens is 1. The number of phenolic OH excluding ortho intramolecular Hbond substituents is 2. The van der Waals surface area contributed by atoms with Crippen LogP contribution in [0.25, 0.3) is 32.8 Å². The van der Waals surface area contributed by atoms with Crippen molar-refractivity contribution in [1.29, 1.82) is 0 Å². The number of phenols is 2. The van der Waals surface area contributed by atoms with Gasteiger partial charge in [0.2, 0.25) is 0 Å². The Hall–Kier alpha value is -3.02. The molecule has 0 spiro atoms. The van der Waals surface area contributed by atoms with Gasteiger partial charge in [-0.3, -0.25) is 4.79 Å². The van der Waals surface area contributed by atoms with Gasteiger partial charge < -0.3 is 20.9 Å². The standard InChI is InChI=1S/C21H17ClN2O3/c1-10(23)11-5-7-12(8-6-11)17-16(26)9-14(22)20-19(17)13-3-2-4-15(25)18(13)21(27)24-20/h2-10,25-26H,23H2,1H3,(H,24,27)/t10-/m1/s1. The molecule has 0 fully saturated rings. The van der Waals surface area contributed by atoms with Crippen molar-refractivity contribution in [3.05, 3.63) is 69.5 Å². The number of nitrogens with two attached hydrogens (primary N) is 1. The Morgan fingerprint density at radius 2 is 1.74 bits per heavy atom. The number of benzene rings is 3. The number of fused-ring (bicyclic) bond motifs is 3. The molecule has 4 rings (SSSR count). The minimum Gasteiger partial charge on any atom is -0.507 e. The van der Waals surface area contributed by atoms with E-state index < -0.39 is 5.56 Å². The van der Waals surface area contributed by atoms with Gasteiger partial charge in [-0.2, -0.15) is 0 Å². The molecular formula is C21H17ClN2O3. The lowest BCUT2D eigenvalue weighted by molar-refractivity contribution is 0.478. The Morgan fingerprint density at radius 3 is 2.41 bits per heavy atom. The summed E-state index contributed by atoms with van der Waals surface area (Å²) in [5.74, 6) is -0.147. The van der Waals surface area contributed by atoms with Crippen molar-refractivity contribution in [2.45, 2.75) is 13.0 Å². The zero-order valence-corrected chi connectivity index (χ0v) is 15.2. The number of hydrogen-bond donors (Lipinski definition) is 4. The van der Waals surface area contributed by atoms with Crippen molar-refractivity contribution in [2.75, 3.05) is 0 Å². The van der Waals surface area contributed by atoms with Crippen molar-refractivity contribution in [1.82, 2.24) is 4.98 Å². The van der Waals surface area contributed by atoms with Crippen molar-refractivity contribution >= 4 is 33.3 Å². The zero-order valence-electron chi connectivity index (χ0n) is 14.5. The number of aromatic nitrogens is 1. The maximum atomic E-state index is 12.5. The summed E-state index contributed by atoms with van der Waals surface area (Å²) in [7, 11) is 0. The number of aromatic hydroxyl groups is 2. The molecule has 0 bridgehead atoms. The highest BCUT2D eigenvalue weighted by Gasteiger charge is 2.19. The molecule has 0 saturated heterocycles. The van der Waals surface area contributed by atoms with E-state index in [4.69, 9.17) is 17.3 Å². The van der Waals surface area contributed by atoms with Gasteiger partial charge in [0.05, 0.1) is 15.9 Å². The summed E-state index contributed by atoms with van der Waals surface area (Å²) >= 11 is 6.29. The van der Waals surface area contributed by atoms with E-state index in [1.165, 1.54) is 12.1 Å². The predicted molar refractivity (Wildman–Crippen MR) is 108 cm³/mol. The number of H-pyrrole nitrogens is 1. The van der Waals surface area contributed by atoms with E-state index in [2.05, 4.69) is 4.98 Å². The van der Waals surface area contributed by atoms with Crippen LogP contribution in [0, 0.1) is 0 Å². The van der Waals surface area contributed by atoms with Crippen LogP contribution in [0.1, 0.15) is 18.5 Å². The van der Waals surface area contributed by atoms with E-state index in [0.29, 0.717) is 21.9 Å². The first kappa shape index (κ1) is 17.4. The summed E-state index contributed by atoms with van der Waals surface area (Å²) < 4.78 is 0. The lowest BCUT2D eigenvalue weighted by Gasteiger charge is -2.15. The third-order valence-electron chi connectivity index (χ3n) is 4.76. The van der Waals surface area contributed by atoms with Crippen molar-refractivity contribution in [2.24, 2.45) is 5.73 Å². The quantitative estimate of drug-likeness (QED) is 0.386. The molecule has 27 heavy (non-hydrogen) atoms. The molecule has 0 aliphatic rings. The summed E-state index contributed by atoms with van der Waals surface area (Å²) in [5, 5.41) is 22.3. The molecule has 6 heteroatoms. The van der Waals surface area contributed by atoms with E-state index in [1.807, 2.05) is 31.2 Å². The number of pyridine rings is 1. The van der Waals surface area contributed by atoms with Gasteiger partial charge in [-0.15, -0.1) is 0 Å². The molecule has 0 unspecified atom stereocenters. The lowest BCUT2D eigenvalue weighted by Crippen LogP contribution is -2.07. The van der Waals surface area contributed by atoms with Gasteiger partial charge >= 0.3 is 0 Å². The molecule has 0 amide bonds. The number of rotatable bonds is 2. The van der Waals surface area contributed by atoms with Gasteiger partial charge in [-0.05, 0) is 24.1 Å². The molecule has 1 heterocycles. The molecule has 136 valence electrons. The molecule has 3 aromatic carbocycles. The van der Waals surface area contributed by atoms with E-state index in [1.54, 1.807) is 12.1 Å². The molecule has 1 aromatic heterocycles. The monoisotopic (exact) mass is 380 g/mol. The maximum Gasteiger partial charge on any atom is 0.260 e. The van der Waals surface area contributed by atoms with Crippen LogP contribution in [0.5, 0.6) is 11.5 Å². The van der Waals surface area contributed by atoms with Gasteiger partial charge in [0.15, 0.2) is 0 Å². The number of nitrogens with one attached hydrogen (secondary N) is 1.